The van der Waals surface area contributed by atoms with E-state index in [1.807, 2.05) is 0 Å². The molecule has 0 aliphatic heterocycles. The normalized spacial score (nSPS) is 12.7. The molecule has 2 amide bonds. The molecule has 30 heavy (non-hydrogen) atoms. The van der Waals surface area contributed by atoms with Gasteiger partial charge < -0.3 is 14.6 Å². The number of ether oxygens (including phenoxy) is 2. The lowest BCUT2D eigenvalue weighted by Gasteiger charge is -2.13. The topological polar surface area (TPSA) is 187 Å². The number of benzene rings is 1. The number of hydrogen-bond acceptors (Lipinski definition) is 11. The summed E-state index contributed by atoms with van der Waals surface area (Å²) < 4.78 is 61.4. The molecule has 0 aliphatic carbocycles. The first-order chi connectivity index (χ1) is 14.0. The number of hydrogen-bond donors (Lipinski definition) is 3. The van der Waals surface area contributed by atoms with E-state index in [9.17, 15) is 26.7 Å². The number of aliphatic hydroxyl groups excluding tert-OH is 1. The molecule has 0 spiro atoms. The van der Waals surface area contributed by atoms with Crippen LogP contribution < -0.4 is 19.5 Å². The average Bonchev–Trinajstić information content (AvgIpc) is 2.66. The van der Waals surface area contributed by atoms with Gasteiger partial charge in [-0.2, -0.15) is 9.97 Å². The van der Waals surface area contributed by atoms with E-state index in [1.165, 1.54) is 33.3 Å². The molecule has 1 unspecified atom stereocenters. The first-order valence-corrected chi connectivity index (χ1v) is 11.3. The second-order valence-electron chi connectivity index (χ2n) is 5.77. The number of sulfonamides is 1. The number of urea groups is 1. The Labute approximate surface area is 172 Å². The molecule has 0 aliphatic rings. The summed E-state index contributed by atoms with van der Waals surface area (Å²) in [5, 5.41) is 11.5. The summed E-state index contributed by atoms with van der Waals surface area (Å²) in [5.41, 5.74) is 0. The number of methoxy groups -OCH3 is 2. The van der Waals surface area contributed by atoms with E-state index in [1.54, 1.807) is 4.72 Å². The fourth-order valence-electron chi connectivity index (χ4n) is 2.22. The Kier molecular flexibility index (Phi) is 7.12. The zero-order chi connectivity index (χ0) is 22.5. The van der Waals surface area contributed by atoms with Gasteiger partial charge in [-0.3, -0.25) is 5.32 Å². The SMILES string of the molecule is COc1nc(NC(=O)NS(=O)(=O)c2ccccc2S(=O)(=O)CC(C)O)nc(OC)n1. The highest BCUT2D eigenvalue weighted by atomic mass is 32.2. The monoisotopic (exact) mass is 461 g/mol. The number of anilines is 1. The third kappa shape index (κ3) is 5.74. The number of carbonyl (C=O) groups excluding carboxylic acids is 1. The van der Waals surface area contributed by atoms with E-state index in [0.29, 0.717) is 0 Å². The van der Waals surface area contributed by atoms with Gasteiger partial charge in [0.1, 0.15) is 4.90 Å². The van der Waals surface area contributed by atoms with E-state index < -0.39 is 47.5 Å². The number of carbonyl (C=O) groups is 1. The van der Waals surface area contributed by atoms with Gasteiger partial charge >= 0.3 is 18.1 Å². The summed E-state index contributed by atoms with van der Waals surface area (Å²) in [6.45, 7) is 1.25. The Hall–Kier alpha value is -3.04. The van der Waals surface area contributed by atoms with E-state index in [4.69, 9.17) is 9.47 Å². The minimum atomic E-state index is -4.62. The van der Waals surface area contributed by atoms with Crippen LogP contribution in [-0.4, -0.2) is 69.0 Å². The summed E-state index contributed by atoms with van der Waals surface area (Å²) in [5.74, 6) is -1.07. The Morgan fingerprint density at radius 1 is 1.03 bits per heavy atom. The van der Waals surface area contributed by atoms with E-state index in [2.05, 4.69) is 20.3 Å². The second kappa shape index (κ2) is 9.19. The molecule has 0 saturated heterocycles. The molecule has 3 N–H and O–H groups in total. The predicted molar refractivity (Wildman–Crippen MR) is 102 cm³/mol. The Morgan fingerprint density at radius 2 is 1.57 bits per heavy atom. The van der Waals surface area contributed by atoms with Crippen LogP contribution in [0.25, 0.3) is 0 Å². The predicted octanol–water partition coefficient (Wildman–Crippen LogP) is -0.446. The van der Waals surface area contributed by atoms with Gasteiger partial charge in [-0.05, 0) is 19.1 Å². The number of sulfone groups is 1. The van der Waals surface area contributed by atoms with Crippen LogP contribution >= 0.6 is 0 Å². The zero-order valence-corrected chi connectivity index (χ0v) is 17.7. The van der Waals surface area contributed by atoms with Crippen LogP contribution in [0.4, 0.5) is 10.7 Å². The maximum atomic E-state index is 12.6. The highest BCUT2D eigenvalue weighted by Crippen LogP contribution is 2.22. The van der Waals surface area contributed by atoms with Gasteiger partial charge in [0.25, 0.3) is 10.0 Å². The van der Waals surface area contributed by atoms with Crippen molar-refractivity contribution >= 4 is 31.8 Å². The number of aliphatic hydroxyl groups is 1. The Morgan fingerprint density at radius 3 is 2.07 bits per heavy atom. The van der Waals surface area contributed by atoms with Crippen LogP contribution in [0.5, 0.6) is 12.0 Å². The van der Waals surface area contributed by atoms with Gasteiger partial charge in [-0.15, -0.1) is 4.98 Å². The molecule has 0 fully saturated rings. The van der Waals surface area contributed by atoms with Gasteiger partial charge in [0.15, 0.2) is 9.84 Å². The molecule has 0 bridgehead atoms. The third-order valence-electron chi connectivity index (χ3n) is 3.35. The van der Waals surface area contributed by atoms with Crippen molar-refractivity contribution in [1.29, 1.82) is 0 Å². The van der Waals surface area contributed by atoms with Crippen LogP contribution in [0, 0.1) is 0 Å². The lowest BCUT2D eigenvalue weighted by Crippen LogP contribution is -2.35. The highest BCUT2D eigenvalue weighted by molar-refractivity contribution is 7.94. The fourth-order valence-corrected chi connectivity index (χ4v) is 5.40. The molecule has 15 heteroatoms. The lowest BCUT2D eigenvalue weighted by atomic mass is 10.4. The molecular weight excluding hydrogens is 442 g/mol. The van der Waals surface area contributed by atoms with Crippen LogP contribution in [0.2, 0.25) is 0 Å². The maximum Gasteiger partial charge on any atom is 0.335 e. The van der Waals surface area contributed by atoms with E-state index in [0.717, 1.165) is 12.1 Å². The summed E-state index contributed by atoms with van der Waals surface area (Å²) in [6.07, 6.45) is -1.23. The first-order valence-electron chi connectivity index (χ1n) is 8.16. The molecule has 1 aromatic carbocycles. The second-order valence-corrected chi connectivity index (χ2v) is 9.42. The largest absolute Gasteiger partial charge is 0.467 e. The van der Waals surface area contributed by atoms with Gasteiger partial charge in [-0.25, -0.2) is 26.4 Å². The molecule has 164 valence electrons. The Balaban J connectivity index is 2.31. The maximum absolute atomic E-state index is 12.6. The van der Waals surface area contributed by atoms with Gasteiger partial charge in [0.2, 0.25) is 5.95 Å². The lowest BCUT2D eigenvalue weighted by molar-refractivity contribution is 0.218. The molecule has 2 rings (SSSR count). The quantitative estimate of drug-likeness (QED) is 0.462. The number of rotatable bonds is 8. The smallest absolute Gasteiger partial charge is 0.335 e. The molecule has 0 radical (unpaired) electrons. The van der Waals surface area contributed by atoms with Crippen LogP contribution in [0.3, 0.4) is 0 Å². The average molecular weight is 461 g/mol. The summed E-state index contributed by atoms with van der Waals surface area (Å²) >= 11 is 0. The van der Waals surface area contributed by atoms with Crippen LogP contribution in [-0.2, 0) is 19.9 Å². The van der Waals surface area contributed by atoms with Gasteiger partial charge in [0.05, 0.1) is 31.0 Å². The van der Waals surface area contributed by atoms with Gasteiger partial charge in [-0.1, -0.05) is 12.1 Å². The Bertz CT molecular complexity index is 1110. The summed E-state index contributed by atoms with van der Waals surface area (Å²) in [6, 6.07) is 3.01. The van der Waals surface area contributed by atoms with Crippen molar-refractivity contribution in [3.63, 3.8) is 0 Å². The molecular formula is C15H19N5O8S2. The number of aromatic nitrogens is 3. The fraction of sp³-hybridized carbons (Fsp3) is 0.333. The summed E-state index contributed by atoms with van der Waals surface area (Å²) in [4.78, 5) is 22.1. The van der Waals surface area contributed by atoms with E-state index >= 15 is 0 Å². The van der Waals surface area contributed by atoms with Crippen LogP contribution in [0.1, 0.15) is 6.92 Å². The van der Waals surface area contributed by atoms with E-state index in [-0.39, 0.29) is 18.0 Å². The van der Waals surface area contributed by atoms with Crippen molar-refractivity contribution in [2.24, 2.45) is 0 Å². The zero-order valence-electron chi connectivity index (χ0n) is 16.1. The van der Waals surface area contributed by atoms with Crippen molar-refractivity contribution in [1.82, 2.24) is 19.7 Å². The van der Waals surface area contributed by atoms with Crippen molar-refractivity contribution in [2.45, 2.75) is 22.8 Å². The van der Waals surface area contributed by atoms with Gasteiger partial charge in [0, 0.05) is 0 Å². The van der Waals surface area contributed by atoms with Crippen molar-refractivity contribution in [3.8, 4) is 12.0 Å². The molecule has 0 saturated carbocycles. The minimum absolute atomic E-state index is 0.199. The number of nitrogens with one attached hydrogen (secondary N) is 2. The molecule has 1 heterocycles. The number of nitrogens with zero attached hydrogens (tertiary/aromatic N) is 3. The number of amides is 2. The first kappa shape index (κ1) is 23.2. The third-order valence-corrected chi connectivity index (χ3v) is 6.81. The molecule has 2 aromatic rings. The molecule has 1 aromatic heterocycles. The van der Waals surface area contributed by atoms with Crippen molar-refractivity contribution in [2.75, 3.05) is 25.3 Å². The van der Waals surface area contributed by atoms with Crippen molar-refractivity contribution in [3.05, 3.63) is 24.3 Å². The molecule has 13 nitrogen and oxygen atoms in total. The van der Waals surface area contributed by atoms with Crippen LogP contribution in [0.15, 0.2) is 34.1 Å². The minimum Gasteiger partial charge on any atom is -0.467 e. The molecule has 1 atom stereocenters. The standard InChI is InChI=1S/C15H19N5O8S2/c1-9(21)8-29(23,24)10-6-4-5-7-11(10)30(25,26)20-13(22)16-12-17-14(27-2)19-15(18-12)28-3/h4-7,9,21H,8H2,1-3H3,(H2,16,17,18,19,20,22). The highest BCUT2D eigenvalue weighted by Gasteiger charge is 2.28. The van der Waals surface area contributed by atoms with Crippen molar-refractivity contribution < 1.29 is 36.2 Å². The summed E-state index contributed by atoms with van der Waals surface area (Å²) in [7, 11) is -6.25.